The molecule has 2 N–H and O–H groups in total. The Morgan fingerprint density at radius 1 is 1.11 bits per heavy atom. The first-order valence-corrected chi connectivity index (χ1v) is 12.8. The third-order valence-corrected chi connectivity index (χ3v) is 6.00. The topological polar surface area (TPSA) is 106 Å². The number of carbonyl (C=O) groups is 2. The average molecular weight is 511 g/mol. The average Bonchev–Trinajstić information content (AvgIpc) is 3.20. The monoisotopic (exact) mass is 510 g/mol. The summed E-state index contributed by atoms with van der Waals surface area (Å²) < 4.78 is 17.1. The molecular formula is C29H38N2O6. The van der Waals surface area contributed by atoms with E-state index in [-0.39, 0.29) is 31.3 Å². The molecule has 0 spiro atoms. The smallest absolute Gasteiger partial charge is 0.306 e. The van der Waals surface area contributed by atoms with Crippen molar-refractivity contribution >= 4 is 17.8 Å². The molecule has 0 unspecified atom stereocenters. The number of benzene rings is 2. The quantitative estimate of drug-likeness (QED) is 0.332. The molecule has 37 heavy (non-hydrogen) atoms. The summed E-state index contributed by atoms with van der Waals surface area (Å²) in [5.41, 5.74) is -0.0568. The van der Waals surface area contributed by atoms with Gasteiger partial charge in [0.15, 0.2) is 5.54 Å². The zero-order valence-corrected chi connectivity index (χ0v) is 22.2. The molecule has 8 nitrogen and oxygen atoms in total. The van der Waals surface area contributed by atoms with Crippen LogP contribution in [-0.2, 0) is 25.5 Å². The highest BCUT2D eigenvalue weighted by atomic mass is 16.6. The zero-order chi connectivity index (χ0) is 26.9. The Morgan fingerprint density at radius 2 is 1.81 bits per heavy atom. The van der Waals surface area contributed by atoms with Crippen molar-refractivity contribution in [2.75, 3.05) is 19.8 Å². The zero-order valence-electron chi connectivity index (χ0n) is 22.2. The van der Waals surface area contributed by atoms with E-state index in [1.54, 1.807) is 19.1 Å². The maximum atomic E-state index is 13.6. The Morgan fingerprint density at radius 3 is 2.46 bits per heavy atom. The van der Waals surface area contributed by atoms with Crippen LogP contribution >= 0.6 is 0 Å². The van der Waals surface area contributed by atoms with Gasteiger partial charge in [-0.05, 0) is 70.4 Å². The largest absolute Gasteiger partial charge is 0.494 e. The van der Waals surface area contributed by atoms with E-state index in [4.69, 9.17) is 24.3 Å². The Kier molecular flexibility index (Phi) is 9.69. The summed E-state index contributed by atoms with van der Waals surface area (Å²) in [4.78, 5) is 30.8. The van der Waals surface area contributed by atoms with Crippen molar-refractivity contribution in [3.05, 3.63) is 65.7 Å². The lowest BCUT2D eigenvalue weighted by Crippen LogP contribution is -2.51. The van der Waals surface area contributed by atoms with Crippen molar-refractivity contribution in [2.45, 2.75) is 70.6 Å². The van der Waals surface area contributed by atoms with Crippen molar-refractivity contribution in [3.63, 3.8) is 0 Å². The molecular weight excluding hydrogens is 472 g/mol. The minimum Gasteiger partial charge on any atom is -0.494 e. The van der Waals surface area contributed by atoms with Gasteiger partial charge in [-0.3, -0.25) is 9.59 Å². The van der Waals surface area contributed by atoms with Gasteiger partial charge in [0.25, 0.3) is 5.91 Å². The summed E-state index contributed by atoms with van der Waals surface area (Å²) in [6, 6.07) is 17.1. The van der Waals surface area contributed by atoms with Gasteiger partial charge in [0.05, 0.1) is 6.61 Å². The molecule has 1 heterocycles. The number of nitrogens with one attached hydrogen (secondary N) is 1. The summed E-state index contributed by atoms with van der Waals surface area (Å²) in [7, 11) is 0. The highest BCUT2D eigenvalue weighted by Crippen LogP contribution is 2.34. The first-order chi connectivity index (χ1) is 17.6. The molecule has 1 amide bonds. The number of aliphatic hydroxyl groups excluding tert-OH is 1. The Bertz CT molecular complexity index is 1060. The summed E-state index contributed by atoms with van der Waals surface area (Å²) in [6.45, 7) is 8.16. The SMILES string of the molecule is C[C@H]1OC(c2ccc(OCCCO)cc2)=N[C@@]1(CCC(=O)OC(C)(C)C)C(=O)NCCc1ccccc1. The molecule has 200 valence electrons. The minimum atomic E-state index is -1.26. The molecule has 2 aromatic rings. The van der Waals surface area contributed by atoms with E-state index in [1.165, 1.54) is 0 Å². The molecule has 8 heteroatoms. The number of carbonyl (C=O) groups excluding carboxylic acids is 2. The van der Waals surface area contributed by atoms with Gasteiger partial charge >= 0.3 is 5.97 Å². The van der Waals surface area contributed by atoms with Crippen molar-refractivity contribution in [3.8, 4) is 5.75 Å². The first kappa shape index (κ1) is 28.2. The number of esters is 1. The number of aliphatic hydroxyl groups is 1. The van der Waals surface area contributed by atoms with Gasteiger partial charge in [-0.2, -0.15) is 0 Å². The molecule has 2 aromatic carbocycles. The molecule has 3 rings (SSSR count). The van der Waals surface area contributed by atoms with Crippen molar-refractivity contribution in [1.82, 2.24) is 5.32 Å². The number of hydrogen-bond acceptors (Lipinski definition) is 7. The highest BCUT2D eigenvalue weighted by Gasteiger charge is 2.50. The van der Waals surface area contributed by atoms with Gasteiger partial charge in [-0.25, -0.2) is 4.99 Å². The van der Waals surface area contributed by atoms with Gasteiger partial charge in [0.1, 0.15) is 17.5 Å². The van der Waals surface area contributed by atoms with Gasteiger partial charge < -0.3 is 24.6 Å². The number of aliphatic imine (C=N–C) groups is 1. The van der Waals surface area contributed by atoms with Gasteiger partial charge in [0, 0.05) is 31.6 Å². The van der Waals surface area contributed by atoms with Crippen molar-refractivity contribution < 1.29 is 28.9 Å². The van der Waals surface area contributed by atoms with Crippen molar-refractivity contribution in [1.29, 1.82) is 0 Å². The summed E-state index contributed by atoms with van der Waals surface area (Å²) >= 11 is 0. The summed E-state index contributed by atoms with van der Waals surface area (Å²) in [5, 5.41) is 11.9. The third kappa shape index (κ3) is 8.05. The summed E-state index contributed by atoms with van der Waals surface area (Å²) in [6.07, 6.45) is 0.840. The van der Waals surface area contributed by atoms with Crippen LogP contribution in [0.5, 0.6) is 5.75 Å². The third-order valence-electron chi connectivity index (χ3n) is 6.00. The first-order valence-electron chi connectivity index (χ1n) is 12.8. The van der Waals surface area contributed by atoms with E-state index in [0.29, 0.717) is 43.2 Å². The van der Waals surface area contributed by atoms with Crippen LogP contribution in [0.15, 0.2) is 59.6 Å². The van der Waals surface area contributed by atoms with Crippen molar-refractivity contribution in [2.24, 2.45) is 4.99 Å². The second-order valence-electron chi connectivity index (χ2n) is 10.1. The number of hydrogen-bond donors (Lipinski definition) is 2. The van der Waals surface area contributed by atoms with Crippen LogP contribution in [0.1, 0.15) is 58.1 Å². The molecule has 1 aliphatic heterocycles. The van der Waals surface area contributed by atoms with E-state index in [1.807, 2.05) is 63.2 Å². The van der Waals surface area contributed by atoms with Gasteiger partial charge in [-0.1, -0.05) is 30.3 Å². The van der Waals surface area contributed by atoms with Crippen LogP contribution in [0.25, 0.3) is 0 Å². The van der Waals surface area contributed by atoms with E-state index < -0.39 is 17.2 Å². The molecule has 0 saturated carbocycles. The number of nitrogens with zero attached hydrogens (tertiary/aromatic N) is 1. The molecule has 0 radical (unpaired) electrons. The molecule has 0 fully saturated rings. The fourth-order valence-corrected chi connectivity index (χ4v) is 4.06. The second-order valence-corrected chi connectivity index (χ2v) is 10.1. The molecule has 0 saturated heterocycles. The molecule has 0 aromatic heterocycles. The predicted molar refractivity (Wildman–Crippen MR) is 142 cm³/mol. The van der Waals surface area contributed by atoms with Crippen LogP contribution in [0, 0.1) is 0 Å². The van der Waals surface area contributed by atoms with Crippen LogP contribution in [0.3, 0.4) is 0 Å². The number of ether oxygens (including phenoxy) is 3. The second kappa shape index (κ2) is 12.7. The van der Waals surface area contributed by atoms with Crippen LogP contribution in [0.4, 0.5) is 0 Å². The maximum Gasteiger partial charge on any atom is 0.306 e. The molecule has 0 aliphatic carbocycles. The number of amides is 1. The molecule has 2 atom stereocenters. The Balaban J connectivity index is 1.77. The lowest BCUT2D eigenvalue weighted by atomic mass is 9.87. The lowest BCUT2D eigenvalue weighted by Gasteiger charge is -2.28. The minimum absolute atomic E-state index is 0.0332. The molecule has 1 aliphatic rings. The van der Waals surface area contributed by atoms with Crippen LogP contribution in [-0.4, -0.2) is 59.9 Å². The van der Waals surface area contributed by atoms with Crippen LogP contribution < -0.4 is 10.1 Å². The fourth-order valence-electron chi connectivity index (χ4n) is 4.06. The van der Waals surface area contributed by atoms with Crippen LogP contribution in [0.2, 0.25) is 0 Å². The Labute approximate surface area is 219 Å². The Hall–Kier alpha value is -3.39. The van der Waals surface area contributed by atoms with E-state index in [9.17, 15) is 9.59 Å². The maximum absolute atomic E-state index is 13.6. The molecule has 0 bridgehead atoms. The standard InChI is InChI=1S/C29H38N2O6/c1-21-29(17-15-25(33)37-28(2,3)4,27(34)30-18-16-22-9-6-5-7-10-22)31-26(36-21)23-11-13-24(14-12-23)35-20-8-19-32/h5-7,9-14,21,32H,8,15-20H2,1-4H3,(H,30,34)/t21-,29-/m1/s1. The normalized spacial score (nSPS) is 19.1. The lowest BCUT2D eigenvalue weighted by molar-refractivity contribution is -0.155. The fraction of sp³-hybridized carbons (Fsp3) is 0.483. The predicted octanol–water partition coefficient (Wildman–Crippen LogP) is 3.83. The summed E-state index contributed by atoms with van der Waals surface area (Å²) in [5.74, 6) is 0.345. The van der Waals surface area contributed by atoms with E-state index >= 15 is 0 Å². The van der Waals surface area contributed by atoms with E-state index in [2.05, 4.69) is 5.32 Å². The van der Waals surface area contributed by atoms with Gasteiger partial charge in [-0.15, -0.1) is 0 Å². The highest BCUT2D eigenvalue weighted by molar-refractivity contribution is 6.00. The number of rotatable bonds is 12. The van der Waals surface area contributed by atoms with E-state index in [0.717, 1.165) is 5.56 Å². The van der Waals surface area contributed by atoms with Gasteiger partial charge in [0.2, 0.25) is 5.90 Å².